The van der Waals surface area contributed by atoms with E-state index < -0.39 is 0 Å². The van der Waals surface area contributed by atoms with Crippen LogP contribution in [0.1, 0.15) is 51.2 Å². The molecule has 5 heteroatoms. The van der Waals surface area contributed by atoms with Gasteiger partial charge in [0, 0.05) is 19.1 Å². The van der Waals surface area contributed by atoms with Crippen LogP contribution in [0.15, 0.2) is 4.52 Å². The van der Waals surface area contributed by atoms with Crippen LogP contribution in [0.5, 0.6) is 0 Å². The van der Waals surface area contributed by atoms with E-state index in [0.717, 1.165) is 37.6 Å². The van der Waals surface area contributed by atoms with Gasteiger partial charge in [-0.25, -0.2) is 0 Å². The predicted octanol–water partition coefficient (Wildman–Crippen LogP) is 2.14. The Morgan fingerprint density at radius 3 is 2.74 bits per heavy atom. The number of aromatic nitrogens is 2. The highest BCUT2D eigenvalue weighted by atomic mass is 16.5. The molecule has 1 N–H and O–H groups in total. The summed E-state index contributed by atoms with van der Waals surface area (Å²) in [5.74, 6) is 2.22. The molecule has 1 aliphatic rings. The van der Waals surface area contributed by atoms with Crippen molar-refractivity contribution in [3.8, 4) is 0 Å². The monoisotopic (exact) mass is 267 g/mol. The van der Waals surface area contributed by atoms with Gasteiger partial charge in [0.1, 0.15) is 0 Å². The topological polar surface area (TPSA) is 60.2 Å². The van der Waals surface area contributed by atoms with Gasteiger partial charge in [-0.15, -0.1) is 0 Å². The molecule has 1 saturated heterocycles. The molecule has 0 aliphatic carbocycles. The molecular formula is C14H25N3O2. The maximum absolute atomic E-state index is 5.61. The Bertz CT molecular complexity index is 386. The fourth-order valence-electron chi connectivity index (χ4n) is 2.75. The van der Waals surface area contributed by atoms with Crippen LogP contribution in [-0.2, 0) is 11.2 Å². The summed E-state index contributed by atoms with van der Waals surface area (Å²) in [4.78, 5) is 4.57. The van der Waals surface area contributed by atoms with Crippen LogP contribution in [0.2, 0.25) is 0 Å². The van der Waals surface area contributed by atoms with Crippen molar-refractivity contribution in [1.29, 1.82) is 0 Å². The van der Waals surface area contributed by atoms with E-state index in [-0.39, 0.29) is 12.0 Å². The molecular weight excluding hydrogens is 242 g/mol. The Labute approximate surface area is 115 Å². The molecule has 108 valence electrons. The van der Waals surface area contributed by atoms with Crippen molar-refractivity contribution >= 4 is 0 Å². The number of likely N-dealkylation sites (N-methyl/N-ethyl adjacent to an activating group) is 1. The van der Waals surface area contributed by atoms with E-state index in [0.29, 0.717) is 12.0 Å². The summed E-state index contributed by atoms with van der Waals surface area (Å²) in [6.07, 6.45) is 3.28. The fourth-order valence-corrected chi connectivity index (χ4v) is 2.75. The number of rotatable bonds is 6. The standard InChI is InChI=1S/C14H25N3O2/c1-9(2)13(10(3)15-4)14-16-12(17-19-14)8-11-6-5-7-18-11/h9-11,13,15H,5-8H2,1-4H3. The number of nitrogens with zero attached hydrogens (tertiary/aromatic N) is 2. The number of ether oxygens (including phenoxy) is 1. The molecule has 19 heavy (non-hydrogen) atoms. The molecule has 2 rings (SSSR count). The number of nitrogens with one attached hydrogen (secondary N) is 1. The number of hydrogen-bond acceptors (Lipinski definition) is 5. The van der Waals surface area contributed by atoms with Crippen molar-refractivity contribution in [3.05, 3.63) is 11.7 Å². The summed E-state index contributed by atoms with van der Waals surface area (Å²) in [6, 6.07) is 0.316. The molecule has 0 amide bonds. The minimum Gasteiger partial charge on any atom is -0.378 e. The SMILES string of the molecule is CNC(C)C(c1nc(CC2CCCO2)no1)C(C)C. The van der Waals surface area contributed by atoms with Crippen molar-refractivity contribution in [2.75, 3.05) is 13.7 Å². The van der Waals surface area contributed by atoms with Crippen molar-refractivity contribution in [3.63, 3.8) is 0 Å². The third-order valence-electron chi connectivity index (χ3n) is 3.92. The van der Waals surface area contributed by atoms with Gasteiger partial charge in [0.05, 0.1) is 12.0 Å². The summed E-state index contributed by atoms with van der Waals surface area (Å²) in [6.45, 7) is 7.38. The Balaban J connectivity index is 2.05. The maximum Gasteiger partial charge on any atom is 0.231 e. The van der Waals surface area contributed by atoms with Crippen molar-refractivity contribution < 1.29 is 9.26 Å². The normalized spacial score (nSPS) is 22.9. The molecule has 3 unspecified atom stereocenters. The largest absolute Gasteiger partial charge is 0.378 e. The molecule has 1 aromatic heterocycles. The van der Waals surface area contributed by atoms with Gasteiger partial charge in [-0.05, 0) is 32.7 Å². The third kappa shape index (κ3) is 3.54. The van der Waals surface area contributed by atoms with E-state index in [1.165, 1.54) is 0 Å². The van der Waals surface area contributed by atoms with Gasteiger partial charge < -0.3 is 14.6 Å². The maximum atomic E-state index is 5.61. The van der Waals surface area contributed by atoms with Gasteiger partial charge in [0.2, 0.25) is 5.89 Å². The quantitative estimate of drug-likeness (QED) is 0.855. The van der Waals surface area contributed by atoms with Crippen LogP contribution in [0.25, 0.3) is 0 Å². The molecule has 1 fully saturated rings. The Morgan fingerprint density at radius 1 is 1.37 bits per heavy atom. The van der Waals surface area contributed by atoms with E-state index in [4.69, 9.17) is 9.26 Å². The molecule has 2 heterocycles. The third-order valence-corrected chi connectivity index (χ3v) is 3.92. The predicted molar refractivity (Wildman–Crippen MR) is 73.1 cm³/mol. The Hall–Kier alpha value is -0.940. The van der Waals surface area contributed by atoms with E-state index in [2.05, 4.69) is 36.2 Å². The molecule has 0 radical (unpaired) electrons. The van der Waals surface area contributed by atoms with Crippen molar-refractivity contribution in [2.45, 2.75) is 58.1 Å². The fraction of sp³-hybridized carbons (Fsp3) is 0.857. The van der Waals surface area contributed by atoms with Gasteiger partial charge in [-0.1, -0.05) is 19.0 Å². The van der Waals surface area contributed by atoms with Crippen LogP contribution in [0.4, 0.5) is 0 Å². The van der Waals surface area contributed by atoms with Crippen LogP contribution in [0.3, 0.4) is 0 Å². The minimum atomic E-state index is 0.246. The van der Waals surface area contributed by atoms with E-state index in [1.807, 2.05) is 7.05 Å². The molecule has 0 aromatic carbocycles. The molecule has 0 saturated carbocycles. The van der Waals surface area contributed by atoms with Gasteiger partial charge in [-0.3, -0.25) is 0 Å². The van der Waals surface area contributed by atoms with E-state index in [9.17, 15) is 0 Å². The lowest BCUT2D eigenvalue weighted by Crippen LogP contribution is -2.32. The molecule has 0 bridgehead atoms. The van der Waals surface area contributed by atoms with Gasteiger partial charge in [-0.2, -0.15) is 4.98 Å². The highest BCUT2D eigenvalue weighted by molar-refractivity contribution is 5.00. The first kappa shape index (κ1) is 14.5. The molecule has 0 spiro atoms. The first-order valence-corrected chi connectivity index (χ1v) is 7.23. The highest BCUT2D eigenvalue weighted by Crippen LogP contribution is 2.27. The molecule has 5 nitrogen and oxygen atoms in total. The molecule has 3 atom stereocenters. The summed E-state index contributed by atoms with van der Waals surface area (Å²) in [7, 11) is 1.96. The second-order valence-electron chi connectivity index (χ2n) is 5.74. The lowest BCUT2D eigenvalue weighted by Gasteiger charge is -2.23. The average Bonchev–Trinajstić information content (AvgIpc) is 3.01. The average molecular weight is 267 g/mol. The number of hydrogen-bond donors (Lipinski definition) is 1. The smallest absolute Gasteiger partial charge is 0.231 e. The summed E-state index contributed by atoms with van der Waals surface area (Å²) in [5.41, 5.74) is 0. The first-order valence-electron chi connectivity index (χ1n) is 7.23. The lowest BCUT2D eigenvalue weighted by molar-refractivity contribution is 0.109. The zero-order valence-corrected chi connectivity index (χ0v) is 12.3. The summed E-state index contributed by atoms with van der Waals surface area (Å²) < 4.78 is 11.1. The zero-order valence-electron chi connectivity index (χ0n) is 12.3. The van der Waals surface area contributed by atoms with Gasteiger partial charge in [0.25, 0.3) is 0 Å². The minimum absolute atomic E-state index is 0.246. The van der Waals surface area contributed by atoms with Gasteiger partial charge in [0.15, 0.2) is 5.82 Å². The molecule has 1 aliphatic heterocycles. The molecule has 1 aromatic rings. The zero-order chi connectivity index (χ0) is 13.8. The lowest BCUT2D eigenvalue weighted by atomic mass is 9.89. The summed E-state index contributed by atoms with van der Waals surface area (Å²) >= 11 is 0. The van der Waals surface area contributed by atoms with Gasteiger partial charge >= 0.3 is 0 Å². The van der Waals surface area contributed by atoms with Crippen molar-refractivity contribution in [2.24, 2.45) is 5.92 Å². The second-order valence-corrected chi connectivity index (χ2v) is 5.74. The van der Waals surface area contributed by atoms with Crippen LogP contribution < -0.4 is 5.32 Å². The second kappa shape index (κ2) is 6.48. The first-order chi connectivity index (χ1) is 9.11. The van der Waals surface area contributed by atoms with Crippen LogP contribution in [-0.4, -0.2) is 35.9 Å². The van der Waals surface area contributed by atoms with Crippen LogP contribution >= 0.6 is 0 Å². The summed E-state index contributed by atoms with van der Waals surface area (Å²) in [5, 5.41) is 7.38. The van der Waals surface area contributed by atoms with Crippen molar-refractivity contribution in [1.82, 2.24) is 15.5 Å². The van der Waals surface area contributed by atoms with E-state index >= 15 is 0 Å². The highest BCUT2D eigenvalue weighted by Gasteiger charge is 2.28. The Kier molecular flexibility index (Phi) is 4.93. The van der Waals surface area contributed by atoms with Crippen LogP contribution in [0, 0.1) is 5.92 Å². The Morgan fingerprint density at radius 2 is 2.16 bits per heavy atom. The van der Waals surface area contributed by atoms with E-state index in [1.54, 1.807) is 0 Å².